The highest BCUT2D eigenvalue weighted by atomic mass is 16.6. The van der Waals surface area contributed by atoms with Gasteiger partial charge in [0.2, 0.25) is 5.91 Å². The van der Waals surface area contributed by atoms with Crippen LogP contribution in [0.1, 0.15) is 71.4 Å². The highest BCUT2D eigenvalue weighted by molar-refractivity contribution is 5.81. The second-order valence-electron chi connectivity index (χ2n) is 8.50. The van der Waals surface area contributed by atoms with Gasteiger partial charge in [0.15, 0.2) is 0 Å². The predicted molar refractivity (Wildman–Crippen MR) is 109 cm³/mol. The van der Waals surface area contributed by atoms with E-state index in [1.807, 2.05) is 52.0 Å². The van der Waals surface area contributed by atoms with Crippen molar-refractivity contribution >= 4 is 12.0 Å². The standard InChI is InChI=1S/C22H34N2O4/c1-15(16-11-13-17(27-5)14-12-16)23-20(25)18-9-7-6-8-10-19(18)24-21(26)28-22(2,3)4/h11-15,18-19H,6-10H2,1-5H3,(H,23,25)(H,24,26)/t15-,18-,19+/m1/s1. The van der Waals surface area contributed by atoms with Crippen LogP contribution < -0.4 is 15.4 Å². The Balaban J connectivity index is 2.02. The summed E-state index contributed by atoms with van der Waals surface area (Å²) in [6, 6.07) is 7.34. The third kappa shape index (κ3) is 6.73. The van der Waals surface area contributed by atoms with E-state index in [2.05, 4.69) is 10.6 Å². The van der Waals surface area contributed by atoms with Crippen LogP contribution in [0.5, 0.6) is 5.75 Å². The quantitative estimate of drug-likeness (QED) is 0.733. The largest absolute Gasteiger partial charge is 0.497 e. The summed E-state index contributed by atoms with van der Waals surface area (Å²) >= 11 is 0. The SMILES string of the molecule is COc1ccc([C@@H](C)NC(=O)[C@@H]2CCCCC[C@@H]2NC(=O)OC(C)(C)C)cc1. The average Bonchev–Trinajstić information content (AvgIpc) is 2.85. The van der Waals surface area contributed by atoms with Crippen LogP contribution in [0.3, 0.4) is 0 Å². The molecule has 3 atom stereocenters. The van der Waals surface area contributed by atoms with E-state index in [0.29, 0.717) is 0 Å². The first-order chi connectivity index (χ1) is 13.2. The maximum absolute atomic E-state index is 13.0. The van der Waals surface area contributed by atoms with Crippen LogP contribution in [0.15, 0.2) is 24.3 Å². The molecule has 1 fully saturated rings. The van der Waals surface area contributed by atoms with E-state index >= 15 is 0 Å². The number of methoxy groups -OCH3 is 1. The number of nitrogens with one attached hydrogen (secondary N) is 2. The van der Waals surface area contributed by atoms with Crippen molar-refractivity contribution in [3.05, 3.63) is 29.8 Å². The van der Waals surface area contributed by atoms with Gasteiger partial charge < -0.3 is 20.1 Å². The van der Waals surface area contributed by atoms with Gasteiger partial charge in [-0.3, -0.25) is 4.79 Å². The lowest BCUT2D eigenvalue weighted by atomic mass is 9.93. The number of hydrogen-bond donors (Lipinski definition) is 2. The maximum Gasteiger partial charge on any atom is 0.407 e. The van der Waals surface area contributed by atoms with Crippen LogP contribution in [0, 0.1) is 5.92 Å². The molecular weight excluding hydrogens is 356 g/mol. The van der Waals surface area contributed by atoms with Gasteiger partial charge in [0.25, 0.3) is 0 Å². The van der Waals surface area contributed by atoms with Crippen LogP contribution >= 0.6 is 0 Å². The van der Waals surface area contributed by atoms with Gasteiger partial charge in [0, 0.05) is 6.04 Å². The molecule has 156 valence electrons. The zero-order chi connectivity index (χ0) is 20.7. The summed E-state index contributed by atoms with van der Waals surface area (Å²) in [7, 11) is 1.63. The van der Waals surface area contributed by atoms with E-state index in [4.69, 9.17) is 9.47 Å². The Morgan fingerprint density at radius 2 is 1.71 bits per heavy atom. The zero-order valence-electron chi connectivity index (χ0n) is 17.7. The number of ether oxygens (including phenoxy) is 2. The van der Waals surface area contributed by atoms with Gasteiger partial charge in [-0.05, 0) is 58.2 Å². The Labute approximate surface area is 168 Å². The Kier molecular flexibility index (Phi) is 7.72. The molecule has 1 aliphatic rings. The number of benzene rings is 1. The van der Waals surface area contributed by atoms with Crippen molar-refractivity contribution in [2.24, 2.45) is 5.92 Å². The molecule has 1 aliphatic carbocycles. The molecular formula is C22H34N2O4. The molecule has 28 heavy (non-hydrogen) atoms. The van der Waals surface area contributed by atoms with Gasteiger partial charge >= 0.3 is 6.09 Å². The normalized spacial score (nSPS) is 21.2. The topological polar surface area (TPSA) is 76.7 Å². The minimum Gasteiger partial charge on any atom is -0.497 e. The van der Waals surface area contributed by atoms with Crippen LogP contribution in [0.2, 0.25) is 0 Å². The first-order valence-corrected chi connectivity index (χ1v) is 10.1. The van der Waals surface area contributed by atoms with Crippen LogP contribution in [0.25, 0.3) is 0 Å². The molecule has 0 unspecified atom stereocenters. The molecule has 2 N–H and O–H groups in total. The van der Waals surface area contributed by atoms with Crippen molar-refractivity contribution in [3.63, 3.8) is 0 Å². The molecule has 6 heteroatoms. The Morgan fingerprint density at radius 3 is 2.32 bits per heavy atom. The lowest BCUT2D eigenvalue weighted by molar-refractivity contribution is -0.126. The zero-order valence-corrected chi connectivity index (χ0v) is 17.7. The van der Waals surface area contributed by atoms with Crippen LogP contribution in [-0.4, -0.2) is 30.8 Å². The van der Waals surface area contributed by atoms with E-state index in [9.17, 15) is 9.59 Å². The summed E-state index contributed by atoms with van der Waals surface area (Å²) < 4.78 is 10.6. The second kappa shape index (κ2) is 9.80. The van der Waals surface area contributed by atoms with Crippen molar-refractivity contribution in [1.82, 2.24) is 10.6 Å². The number of carbonyl (C=O) groups excluding carboxylic acids is 2. The number of carbonyl (C=O) groups is 2. The summed E-state index contributed by atoms with van der Waals surface area (Å²) in [5.41, 5.74) is 0.453. The minimum absolute atomic E-state index is 0.0220. The number of rotatable bonds is 5. The molecule has 1 aromatic carbocycles. The van der Waals surface area contributed by atoms with Crippen molar-refractivity contribution in [1.29, 1.82) is 0 Å². The van der Waals surface area contributed by atoms with E-state index < -0.39 is 11.7 Å². The minimum atomic E-state index is -0.560. The summed E-state index contributed by atoms with van der Waals surface area (Å²) in [6.07, 6.45) is 4.15. The smallest absolute Gasteiger partial charge is 0.407 e. The highest BCUT2D eigenvalue weighted by Gasteiger charge is 2.32. The monoisotopic (exact) mass is 390 g/mol. The third-order valence-electron chi connectivity index (χ3n) is 5.03. The summed E-state index contributed by atoms with van der Waals surface area (Å²) in [5, 5.41) is 6.05. The molecule has 0 spiro atoms. The number of amides is 2. The van der Waals surface area contributed by atoms with Gasteiger partial charge in [-0.1, -0.05) is 31.4 Å². The van der Waals surface area contributed by atoms with Crippen molar-refractivity contribution in [2.75, 3.05) is 7.11 Å². The molecule has 0 radical (unpaired) electrons. The van der Waals surface area contributed by atoms with Gasteiger partial charge in [-0.25, -0.2) is 4.79 Å². The molecule has 0 aliphatic heterocycles. The summed E-state index contributed by atoms with van der Waals surface area (Å²) in [6.45, 7) is 7.47. The maximum atomic E-state index is 13.0. The summed E-state index contributed by atoms with van der Waals surface area (Å²) in [4.78, 5) is 25.2. The van der Waals surface area contributed by atoms with E-state index in [0.717, 1.165) is 43.4 Å². The molecule has 0 heterocycles. The van der Waals surface area contributed by atoms with E-state index in [1.165, 1.54) is 0 Å². The molecule has 0 saturated heterocycles. The number of hydrogen-bond acceptors (Lipinski definition) is 4. The van der Waals surface area contributed by atoms with Crippen LogP contribution in [0.4, 0.5) is 4.79 Å². The van der Waals surface area contributed by atoms with E-state index in [1.54, 1.807) is 7.11 Å². The van der Waals surface area contributed by atoms with Gasteiger partial charge in [-0.2, -0.15) is 0 Å². The van der Waals surface area contributed by atoms with Gasteiger partial charge in [0.05, 0.1) is 19.1 Å². The number of alkyl carbamates (subject to hydrolysis) is 1. The fourth-order valence-corrected chi connectivity index (χ4v) is 3.55. The van der Waals surface area contributed by atoms with Crippen molar-refractivity contribution in [2.45, 2.75) is 77.5 Å². The van der Waals surface area contributed by atoms with Gasteiger partial charge in [-0.15, -0.1) is 0 Å². The van der Waals surface area contributed by atoms with Gasteiger partial charge in [0.1, 0.15) is 11.4 Å². The first kappa shape index (κ1) is 22.1. The van der Waals surface area contributed by atoms with Crippen LogP contribution in [-0.2, 0) is 9.53 Å². The summed E-state index contributed by atoms with van der Waals surface area (Å²) in [5.74, 6) is 0.509. The molecule has 1 aromatic rings. The first-order valence-electron chi connectivity index (χ1n) is 10.1. The molecule has 2 amide bonds. The van der Waals surface area contributed by atoms with Crippen molar-refractivity contribution < 1.29 is 19.1 Å². The second-order valence-corrected chi connectivity index (χ2v) is 8.50. The lowest BCUT2D eigenvalue weighted by Gasteiger charge is -2.28. The average molecular weight is 391 g/mol. The molecule has 1 saturated carbocycles. The fourth-order valence-electron chi connectivity index (χ4n) is 3.55. The highest BCUT2D eigenvalue weighted by Crippen LogP contribution is 2.26. The fraction of sp³-hybridized carbons (Fsp3) is 0.636. The molecule has 0 aromatic heterocycles. The van der Waals surface area contributed by atoms with Crippen molar-refractivity contribution in [3.8, 4) is 5.75 Å². The molecule has 2 rings (SSSR count). The molecule has 6 nitrogen and oxygen atoms in total. The Hall–Kier alpha value is -2.24. The predicted octanol–water partition coefficient (Wildman–Crippen LogP) is 4.35. The van der Waals surface area contributed by atoms with E-state index in [-0.39, 0.29) is 23.9 Å². The third-order valence-corrected chi connectivity index (χ3v) is 5.03. The molecule has 0 bridgehead atoms. The lowest BCUT2D eigenvalue weighted by Crippen LogP contribution is -2.48. The Bertz CT molecular complexity index is 651. The Morgan fingerprint density at radius 1 is 1.07 bits per heavy atom.